The lowest BCUT2D eigenvalue weighted by atomic mass is 10.2. The van der Waals surface area contributed by atoms with E-state index in [2.05, 4.69) is 36.0 Å². The number of amides is 1. The fourth-order valence-electron chi connectivity index (χ4n) is 2.58. The number of aromatic nitrogens is 4. The molecule has 1 aliphatic rings. The molecule has 1 amide bonds. The molecular formula is C16H21BrN6O2. The molecule has 2 aromatic rings. The van der Waals surface area contributed by atoms with Crippen molar-refractivity contribution >= 4 is 27.8 Å². The van der Waals surface area contributed by atoms with Gasteiger partial charge in [-0.25, -0.2) is 9.78 Å². The Hall–Kier alpha value is -2.16. The van der Waals surface area contributed by atoms with Crippen LogP contribution in [0.1, 0.15) is 20.8 Å². The van der Waals surface area contributed by atoms with Crippen molar-refractivity contribution in [1.29, 1.82) is 0 Å². The van der Waals surface area contributed by atoms with Gasteiger partial charge in [-0.05, 0) is 42.8 Å². The molecule has 2 aromatic heterocycles. The fraction of sp³-hybridized carbons (Fsp3) is 0.500. The SMILES string of the molecule is CC(C)(C)OC(=O)N1CCN(c2ncc(Br)cc2-n2nccn2)CC1. The van der Waals surface area contributed by atoms with E-state index >= 15 is 0 Å². The Morgan fingerprint density at radius 1 is 1.16 bits per heavy atom. The second kappa shape index (κ2) is 6.99. The molecule has 0 radical (unpaired) electrons. The van der Waals surface area contributed by atoms with Crippen LogP contribution in [0, 0.1) is 0 Å². The van der Waals surface area contributed by atoms with Gasteiger partial charge in [0.15, 0.2) is 5.82 Å². The summed E-state index contributed by atoms with van der Waals surface area (Å²) in [5.74, 6) is 0.795. The first-order valence-electron chi connectivity index (χ1n) is 8.08. The van der Waals surface area contributed by atoms with Crippen LogP contribution < -0.4 is 4.90 Å². The predicted molar refractivity (Wildman–Crippen MR) is 96.9 cm³/mol. The molecule has 0 saturated carbocycles. The summed E-state index contributed by atoms with van der Waals surface area (Å²) in [5.41, 5.74) is 0.311. The van der Waals surface area contributed by atoms with E-state index < -0.39 is 5.60 Å². The van der Waals surface area contributed by atoms with Crippen molar-refractivity contribution in [2.75, 3.05) is 31.1 Å². The summed E-state index contributed by atoms with van der Waals surface area (Å²) in [7, 11) is 0. The van der Waals surface area contributed by atoms with E-state index in [9.17, 15) is 4.79 Å². The van der Waals surface area contributed by atoms with Gasteiger partial charge in [0, 0.05) is 36.8 Å². The minimum Gasteiger partial charge on any atom is -0.444 e. The molecule has 1 saturated heterocycles. The molecule has 0 unspecified atom stereocenters. The predicted octanol–water partition coefficient (Wildman–Crippen LogP) is 2.48. The number of carbonyl (C=O) groups excluding carboxylic acids is 1. The molecular weight excluding hydrogens is 388 g/mol. The van der Waals surface area contributed by atoms with Gasteiger partial charge in [-0.15, -0.1) is 4.80 Å². The summed E-state index contributed by atoms with van der Waals surface area (Å²) in [4.78, 5) is 22.1. The molecule has 25 heavy (non-hydrogen) atoms. The number of ether oxygens (including phenoxy) is 1. The number of rotatable bonds is 2. The lowest BCUT2D eigenvalue weighted by molar-refractivity contribution is 0.0240. The number of hydrogen-bond acceptors (Lipinski definition) is 6. The van der Waals surface area contributed by atoms with Crippen LogP contribution in [0.3, 0.4) is 0 Å². The van der Waals surface area contributed by atoms with Gasteiger partial charge in [0.05, 0.1) is 12.4 Å². The monoisotopic (exact) mass is 408 g/mol. The van der Waals surface area contributed by atoms with Crippen molar-refractivity contribution in [3.8, 4) is 5.69 Å². The maximum absolute atomic E-state index is 12.2. The van der Waals surface area contributed by atoms with E-state index in [-0.39, 0.29) is 6.09 Å². The van der Waals surface area contributed by atoms with Gasteiger partial charge < -0.3 is 14.5 Å². The highest BCUT2D eigenvalue weighted by Gasteiger charge is 2.27. The van der Waals surface area contributed by atoms with Crippen LogP contribution in [0.2, 0.25) is 0 Å². The second-order valence-electron chi connectivity index (χ2n) is 6.77. The van der Waals surface area contributed by atoms with E-state index in [0.29, 0.717) is 26.2 Å². The van der Waals surface area contributed by atoms with Crippen molar-refractivity contribution in [3.63, 3.8) is 0 Å². The van der Waals surface area contributed by atoms with Gasteiger partial charge in [-0.3, -0.25) is 0 Å². The molecule has 0 atom stereocenters. The molecule has 134 valence electrons. The Bertz CT molecular complexity index is 736. The Morgan fingerprint density at radius 2 is 1.80 bits per heavy atom. The zero-order valence-corrected chi connectivity index (χ0v) is 16.1. The largest absolute Gasteiger partial charge is 0.444 e. The summed E-state index contributed by atoms with van der Waals surface area (Å²) in [6.07, 6.45) is 4.74. The lowest BCUT2D eigenvalue weighted by Crippen LogP contribution is -2.50. The van der Waals surface area contributed by atoms with Gasteiger partial charge in [0.25, 0.3) is 0 Å². The Balaban J connectivity index is 1.73. The summed E-state index contributed by atoms with van der Waals surface area (Å²) in [6, 6.07) is 1.93. The normalized spacial score (nSPS) is 15.4. The van der Waals surface area contributed by atoms with E-state index in [1.54, 1.807) is 28.3 Å². The Morgan fingerprint density at radius 3 is 2.40 bits per heavy atom. The van der Waals surface area contributed by atoms with Crippen LogP contribution in [0.15, 0.2) is 29.1 Å². The minimum atomic E-state index is -0.486. The Labute approximate surface area is 154 Å². The summed E-state index contributed by atoms with van der Waals surface area (Å²) < 4.78 is 6.30. The van der Waals surface area contributed by atoms with Gasteiger partial charge in [0.1, 0.15) is 11.3 Å². The maximum atomic E-state index is 12.2. The van der Waals surface area contributed by atoms with E-state index in [1.165, 1.54) is 0 Å². The third-order valence-electron chi connectivity index (χ3n) is 3.68. The highest BCUT2D eigenvalue weighted by Crippen LogP contribution is 2.25. The number of halogens is 1. The topological polar surface area (TPSA) is 76.4 Å². The zero-order chi connectivity index (χ0) is 18.0. The smallest absolute Gasteiger partial charge is 0.410 e. The molecule has 0 spiro atoms. The average molecular weight is 409 g/mol. The molecule has 8 nitrogen and oxygen atoms in total. The molecule has 3 rings (SSSR count). The lowest BCUT2D eigenvalue weighted by Gasteiger charge is -2.36. The average Bonchev–Trinajstić information content (AvgIpc) is 3.08. The van der Waals surface area contributed by atoms with Crippen molar-refractivity contribution in [1.82, 2.24) is 24.9 Å². The van der Waals surface area contributed by atoms with Crippen LogP contribution in [-0.4, -0.2) is 62.8 Å². The number of piperazine rings is 1. The highest BCUT2D eigenvalue weighted by atomic mass is 79.9. The standard InChI is InChI=1S/C16H21BrN6O2/c1-16(2,3)25-15(24)22-8-6-21(7-9-22)14-13(10-12(17)11-18-14)23-19-4-5-20-23/h4-5,10-11H,6-9H2,1-3H3. The number of anilines is 1. The molecule has 1 fully saturated rings. The molecule has 0 N–H and O–H groups in total. The first-order valence-corrected chi connectivity index (χ1v) is 8.88. The van der Waals surface area contributed by atoms with Crippen LogP contribution in [0.25, 0.3) is 5.69 Å². The molecule has 0 aromatic carbocycles. The summed E-state index contributed by atoms with van der Waals surface area (Å²) in [5, 5.41) is 8.40. The van der Waals surface area contributed by atoms with E-state index in [0.717, 1.165) is 16.0 Å². The molecule has 9 heteroatoms. The third kappa shape index (κ3) is 4.28. The van der Waals surface area contributed by atoms with Gasteiger partial charge in [-0.1, -0.05) is 0 Å². The summed E-state index contributed by atoms with van der Waals surface area (Å²) >= 11 is 3.44. The van der Waals surface area contributed by atoms with Crippen molar-refractivity contribution in [3.05, 3.63) is 29.1 Å². The first kappa shape index (κ1) is 17.7. The summed E-state index contributed by atoms with van der Waals surface area (Å²) in [6.45, 7) is 8.12. The van der Waals surface area contributed by atoms with Crippen molar-refractivity contribution < 1.29 is 9.53 Å². The van der Waals surface area contributed by atoms with Crippen LogP contribution in [0.4, 0.5) is 10.6 Å². The zero-order valence-electron chi connectivity index (χ0n) is 14.5. The minimum absolute atomic E-state index is 0.273. The van der Waals surface area contributed by atoms with Crippen molar-refractivity contribution in [2.24, 2.45) is 0 Å². The number of carbonyl (C=O) groups is 1. The van der Waals surface area contributed by atoms with Gasteiger partial charge in [0.2, 0.25) is 0 Å². The van der Waals surface area contributed by atoms with Crippen LogP contribution >= 0.6 is 15.9 Å². The molecule has 0 bridgehead atoms. The number of pyridine rings is 1. The van der Waals surface area contributed by atoms with Crippen LogP contribution in [-0.2, 0) is 4.74 Å². The highest BCUT2D eigenvalue weighted by molar-refractivity contribution is 9.10. The van der Waals surface area contributed by atoms with E-state index in [1.807, 2.05) is 26.8 Å². The second-order valence-corrected chi connectivity index (χ2v) is 7.68. The van der Waals surface area contributed by atoms with E-state index in [4.69, 9.17) is 4.74 Å². The quantitative estimate of drug-likeness (QED) is 0.759. The number of nitrogens with zero attached hydrogens (tertiary/aromatic N) is 6. The molecule has 1 aliphatic heterocycles. The fourth-order valence-corrected chi connectivity index (χ4v) is 2.90. The molecule has 0 aliphatic carbocycles. The van der Waals surface area contributed by atoms with Gasteiger partial charge in [-0.2, -0.15) is 10.2 Å². The third-order valence-corrected chi connectivity index (χ3v) is 4.11. The first-order chi connectivity index (χ1) is 11.8. The Kier molecular flexibility index (Phi) is 4.94. The van der Waals surface area contributed by atoms with Crippen molar-refractivity contribution in [2.45, 2.75) is 26.4 Å². The van der Waals surface area contributed by atoms with Crippen LogP contribution in [0.5, 0.6) is 0 Å². The van der Waals surface area contributed by atoms with Gasteiger partial charge >= 0.3 is 6.09 Å². The molecule has 3 heterocycles. The maximum Gasteiger partial charge on any atom is 0.410 e. The number of hydrogen-bond donors (Lipinski definition) is 0.